The van der Waals surface area contributed by atoms with Crippen LogP contribution in [0.1, 0.15) is 36.5 Å². The van der Waals surface area contributed by atoms with Crippen molar-refractivity contribution in [1.82, 2.24) is 4.72 Å². The van der Waals surface area contributed by atoms with Crippen molar-refractivity contribution in [1.29, 1.82) is 0 Å². The molecule has 0 radical (unpaired) electrons. The SMILES string of the molecule is Cc1ccc(C(C)(C)[C@@H](CNS(C)(=O)=O)c2ccccc2)cc1. The first-order chi connectivity index (χ1) is 10.7. The van der Waals surface area contributed by atoms with Gasteiger partial charge in [0.05, 0.1) is 6.26 Å². The van der Waals surface area contributed by atoms with Gasteiger partial charge in [-0.25, -0.2) is 13.1 Å². The third-order valence-corrected chi connectivity index (χ3v) is 5.11. The maximum Gasteiger partial charge on any atom is 0.208 e. The van der Waals surface area contributed by atoms with Crippen molar-refractivity contribution in [3.8, 4) is 0 Å². The summed E-state index contributed by atoms with van der Waals surface area (Å²) < 4.78 is 25.8. The van der Waals surface area contributed by atoms with Gasteiger partial charge in [-0.2, -0.15) is 0 Å². The Bertz CT molecular complexity index is 735. The van der Waals surface area contributed by atoms with Crippen LogP contribution in [0.2, 0.25) is 0 Å². The Kier molecular flexibility index (Phi) is 5.27. The van der Waals surface area contributed by atoms with Gasteiger partial charge in [-0.15, -0.1) is 0 Å². The highest BCUT2D eigenvalue weighted by Crippen LogP contribution is 2.38. The van der Waals surface area contributed by atoms with E-state index in [0.29, 0.717) is 6.54 Å². The molecule has 2 aromatic carbocycles. The molecular formula is C19H25NO2S. The van der Waals surface area contributed by atoms with E-state index in [2.05, 4.69) is 61.9 Å². The number of aryl methyl sites for hydroxylation is 1. The van der Waals surface area contributed by atoms with Gasteiger partial charge >= 0.3 is 0 Å². The Labute approximate surface area is 139 Å². The van der Waals surface area contributed by atoms with Crippen LogP contribution in [-0.4, -0.2) is 21.2 Å². The van der Waals surface area contributed by atoms with Crippen LogP contribution in [0.15, 0.2) is 54.6 Å². The summed E-state index contributed by atoms with van der Waals surface area (Å²) in [6.45, 7) is 6.78. The Morgan fingerprint density at radius 2 is 1.57 bits per heavy atom. The van der Waals surface area contributed by atoms with Crippen molar-refractivity contribution in [2.45, 2.75) is 32.1 Å². The van der Waals surface area contributed by atoms with Crippen molar-refractivity contribution < 1.29 is 8.42 Å². The molecule has 0 saturated heterocycles. The zero-order valence-corrected chi connectivity index (χ0v) is 15.0. The Morgan fingerprint density at radius 1 is 1.00 bits per heavy atom. The normalized spacial score (nSPS) is 13.7. The molecule has 124 valence electrons. The molecule has 3 nitrogen and oxygen atoms in total. The third kappa shape index (κ3) is 4.66. The monoisotopic (exact) mass is 331 g/mol. The van der Waals surface area contributed by atoms with Crippen molar-refractivity contribution in [3.05, 3.63) is 71.3 Å². The van der Waals surface area contributed by atoms with Crippen molar-refractivity contribution in [3.63, 3.8) is 0 Å². The molecule has 0 fully saturated rings. The van der Waals surface area contributed by atoms with E-state index >= 15 is 0 Å². The minimum atomic E-state index is -3.23. The Hall–Kier alpha value is -1.65. The predicted octanol–water partition coefficient (Wildman–Crippen LogP) is 3.61. The molecule has 0 aliphatic heterocycles. The maximum absolute atomic E-state index is 11.6. The fraction of sp³-hybridized carbons (Fsp3) is 0.368. The van der Waals surface area contributed by atoms with E-state index in [-0.39, 0.29) is 11.3 Å². The molecule has 0 saturated carbocycles. The molecule has 0 heterocycles. The molecule has 1 N–H and O–H groups in total. The highest BCUT2D eigenvalue weighted by molar-refractivity contribution is 7.88. The predicted molar refractivity (Wildman–Crippen MR) is 96.2 cm³/mol. The maximum atomic E-state index is 11.6. The smallest absolute Gasteiger partial charge is 0.208 e. The first-order valence-corrected chi connectivity index (χ1v) is 9.66. The molecule has 0 aliphatic carbocycles. The van der Waals surface area contributed by atoms with Crippen LogP contribution in [0, 0.1) is 6.92 Å². The van der Waals surface area contributed by atoms with Gasteiger partial charge in [-0.05, 0) is 23.5 Å². The number of hydrogen-bond acceptors (Lipinski definition) is 2. The Morgan fingerprint density at radius 3 is 2.09 bits per heavy atom. The molecule has 0 bridgehead atoms. The zero-order chi connectivity index (χ0) is 17.1. The van der Waals surface area contributed by atoms with Crippen LogP contribution in [-0.2, 0) is 15.4 Å². The largest absolute Gasteiger partial charge is 0.215 e. The third-order valence-electron chi connectivity index (χ3n) is 4.42. The van der Waals surface area contributed by atoms with Crippen LogP contribution < -0.4 is 4.72 Å². The average Bonchev–Trinajstić information content (AvgIpc) is 2.47. The van der Waals surface area contributed by atoms with Crippen molar-refractivity contribution >= 4 is 10.0 Å². The standard InChI is InChI=1S/C19H25NO2S/c1-15-10-12-17(13-11-15)19(2,3)18(14-20-23(4,21)22)16-8-6-5-7-9-16/h5-13,18,20H,14H2,1-4H3/t18-/m0/s1. The minimum absolute atomic E-state index is 0.0427. The van der Waals surface area contributed by atoms with Gasteiger partial charge in [0.1, 0.15) is 0 Å². The average molecular weight is 331 g/mol. The van der Waals surface area contributed by atoms with Crippen molar-refractivity contribution in [2.24, 2.45) is 0 Å². The molecule has 4 heteroatoms. The second kappa shape index (κ2) is 6.85. The summed E-state index contributed by atoms with van der Waals surface area (Å²) in [7, 11) is -3.23. The van der Waals surface area contributed by atoms with Gasteiger partial charge < -0.3 is 0 Å². The lowest BCUT2D eigenvalue weighted by Crippen LogP contribution is -2.37. The number of benzene rings is 2. The second-order valence-corrected chi connectivity index (χ2v) is 8.50. The summed E-state index contributed by atoms with van der Waals surface area (Å²) >= 11 is 0. The molecule has 0 aromatic heterocycles. The number of sulfonamides is 1. The lowest BCUT2D eigenvalue weighted by molar-refractivity contribution is 0.407. The second-order valence-electron chi connectivity index (χ2n) is 6.67. The Balaban J connectivity index is 2.40. The molecule has 0 unspecified atom stereocenters. The van der Waals surface area contributed by atoms with Gasteiger partial charge in [-0.1, -0.05) is 74.0 Å². The van der Waals surface area contributed by atoms with E-state index in [1.54, 1.807) is 0 Å². The summed E-state index contributed by atoms with van der Waals surface area (Å²) in [4.78, 5) is 0. The van der Waals surface area contributed by atoms with Crippen molar-refractivity contribution in [2.75, 3.05) is 12.8 Å². The molecule has 23 heavy (non-hydrogen) atoms. The van der Waals surface area contributed by atoms with E-state index in [4.69, 9.17) is 0 Å². The number of hydrogen-bond donors (Lipinski definition) is 1. The van der Waals surface area contributed by atoms with Gasteiger partial charge in [0, 0.05) is 12.5 Å². The molecule has 0 amide bonds. The summed E-state index contributed by atoms with van der Waals surface area (Å²) in [5.74, 6) is 0.0427. The van der Waals surface area contributed by atoms with E-state index in [1.807, 2.05) is 18.2 Å². The quantitative estimate of drug-likeness (QED) is 0.879. The number of nitrogens with one attached hydrogen (secondary N) is 1. The summed E-state index contributed by atoms with van der Waals surface area (Å²) in [5.41, 5.74) is 3.35. The van der Waals surface area contributed by atoms with E-state index in [9.17, 15) is 8.42 Å². The van der Waals surface area contributed by atoms with Gasteiger partial charge in [0.25, 0.3) is 0 Å². The van der Waals surface area contributed by atoms with E-state index in [0.717, 1.165) is 5.56 Å². The lowest BCUT2D eigenvalue weighted by atomic mass is 9.70. The molecule has 0 spiro atoms. The summed E-state index contributed by atoms with van der Waals surface area (Å²) in [6, 6.07) is 18.5. The first kappa shape index (κ1) is 17.7. The van der Waals surface area contributed by atoms with E-state index in [1.165, 1.54) is 17.4 Å². The molecule has 1 atom stereocenters. The zero-order valence-electron chi connectivity index (χ0n) is 14.2. The van der Waals surface area contributed by atoms with Gasteiger partial charge in [0.15, 0.2) is 0 Å². The van der Waals surface area contributed by atoms with Crippen LogP contribution in [0.4, 0.5) is 0 Å². The van der Waals surface area contributed by atoms with Crippen LogP contribution in [0.25, 0.3) is 0 Å². The molecular weight excluding hydrogens is 306 g/mol. The fourth-order valence-electron chi connectivity index (χ4n) is 2.89. The lowest BCUT2D eigenvalue weighted by Gasteiger charge is -2.35. The van der Waals surface area contributed by atoms with Crippen LogP contribution in [0.5, 0.6) is 0 Å². The molecule has 0 aliphatic rings. The topological polar surface area (TPSA) is 46.2 Å². The van der Waals surface area contributed by atoms with Gasteiger partial charge in [-0.3, -0.25) is 0 Å². The highest BCUT2D eigenvalue weighted by Gasteiger charge is 2.32. The van der Waals surface area contributed by atoms with Crippen LogP contribution >= 0.6 is 0 Å². The van der Waals surface area contributed by atoms with Crippen LogP contribution in [0.3, 0.4) is 0 Å². The van der Waals surface area contributed by atoms with Gasteiger partial charge in [0.2, 0.25) is 10.0 Å². The highest BCUT2D eigenvalue weighted by atomic mass is 32.2. The van der Waals surface area contributed by atoms with E-state index < -0.39 is 10.0 Å². The first-order valence-electron chi connectivity index (χ1n) is 7.77. The fourth-order valence-corrected chi connectivity index (χ4v) is 3.36. The molecule has 2 rings (SSSR count). The minimum Gasteiger partial charge on any atom is -0.215 e. The molecule has 2 aromatic rings. The number of rotatable bonds is 6. The summed E-state index contributed by atoms with van der Waals surface area (Å²) in [5, 5.41) is 0. The summed E-state index contributed by atoms with van der Waals surface area (Å²) in [6.07, 6.45) is 1.20.